The number of nitrogens with zero attached hydrogens (tertiary/aromatic N) is 5. The Kier molecular flexibility index (Phi) is 8.29. The maximum atomic E-state index is 12.3. The fourth-order valence-electron chi connectivity index (χ4n) is 6.44. The number of aromatic nitrogens is 4. The van der Waals surface area contributed by atoms with Crippen LogP contribution in [0.4, 0.5) is 11.8 Å². The Labute approximate surface area is 248 Å². The molecule has 3 aromatic heterocycles. The van der Waals surface area contributed by atoms with Gasteiger partial charge in [-0.2, -0.15) is 4.98 Å². The molecule has 0 bridgehead atoms. The number of aliphatic hydroxyl groups is 3. The highest BCUT2D eigenvalue weighted by Gasteiger charge is 2.43. The molecule has 2 saturated carbocycles. The largest absolute Gasteiger partial charge is 0.390 e. The van der Waals surface area contributed by atoms with Crippen molar-refractivity contribution in [3.8, 4) is 10.6 Å². The number of carbonyl (C=O) groups excluding carboxylic acids is 1. The van der Waals surface area contributed by atoms with Crippen LogP contribution in [0.15, 0.2) is 12.3 Å². The molecule has 3 aliphatic rings. The number of ether oxygens (including phenoxy) is 1. The highest BCUT2D eigenvalue weighted by molar-refractivity contribution is 7.21. The van der Waals surface area contributed by atoms with Gasteiger partial charge in [-0.1, -0.05) is 12.8 Å². The van der Waals surface area contributed by atoms with Gasteiger partial charge in [0.15, 0.2) is 0 Å². The van der Waals surface area contributed by atoms with E-state index in [9.17, 15) is 20.1 Å². The lowest BCUT2D eigenvalue weighted by Gasteiger charge is -2.30. The molecule has 4 atom stereocenters. The van der Waals surface area contributed by atoms with Gasteiger partial charge in [0.05, 0.1) is 46.0 Å². The number of nitrogens with one attached hydrogen (secondary N) is 2. The summed E-state index contributed by atoms with van der Waals surface area (Å²) in [7, 11) is 0. The van der Waals surface area contributed by atoms with Gasteiger partial charge in [-0.3, -0.25) is 9.78 Å². The monoisotopic (exact) mass is 597 g/mol. The van der Waals surface area contributed by atoms with E-state index in [2.05, 4.69) is 15.6 Å². The molecule has 0 radical (unpaired) electrons. The van der Waals surface area contributed by atoms with Crippen molar-refractivity contribution in [3.63, 3.8) is 0 Å². The zero-order valence-electron chi connectivity index (χ0n) is 24.0. The van der Waals surface area contributed by atoms with Crippen molar-refractivity contribution in [3.05, 3.63) is 23.7 Å². The summed E-state index contributed by atoms with van der Waals surface area (Å²) in [5.41, 5.74) is 2.45. The smallest absolute Gasteiger partial charge is 0.248 e. The average molecular weight is 598 g/mol. The van der Waals surface area contributed by atoms with Gasteiger partial charge >= 0.3 is 0 Å². The molecule has 5 N–H and O–H groups in total. The highest BCUT2D eigenvalue weighted by atomic mass is 32.1. The van der Waals surface area contributed by atoms with Gasteiger partial charge in [-0.05, 0) is 45.6 Å². The fourth-order valence-corrected chi connectivity index (χ4v) is 7.55. The van der Waals surface area contributed by atoms with Crippen LogP contribution < -0.4 is 10.6 Å². The third-order valence-corrected chi connectivity index (χ3v) is 9.90. The zero-order valence-corrected chi connectivity index (χ0v) is 24.9. The second-order valence-corrected chi connectivity index (χ2v) is 12.9. The summed E-state index contributed by atoms with van der Waals surface area (Å²) >= 11 is 1.52. The van der Waals surface area contributed by atoms with Crippen molar-refractivity contribution in [1.29, 1.82) is 0 Å². The molecule has 6 rings (SSSR count). The number of aliphatic hydroxyl groups excluding tert-OH is 2. The number of anilines is 2. The summed E-state index contributed by atoms with van der Waals surface area (Å²) in [5, 5.41) is 40.2. The molecule has 0 spiro atoms. The van der Waals surface area contributed by atoms with Crippen LogP contribution in [0.2, 0.25) is 0 Å². The van der Waals surface area contributed by atoms with Crippen LogP contribution in [-0.4, -0.2) is 103 Å². The first-order valence-electron chi connectivity index (χ1n) is 14.8. The molecular weight excluding hydrogens is 558 g/mol. The first-order chi connectivity index (χ1) is 20.2. The van der Waals surface area contributed by atoms with Crippen molar-refractivity contribution in [1.82, 2.24) is 24.8 Å². The molecule has 226 valence electrons. The van der Waals surface area contributed by atoms with Gasteiger partial charge in [0.2, 0.25) is 11.9 Å². The molecule has 0 unspecified atom stereocenters. The number of carbonyl (C=O) groups is 1. The summed E-state index contributed by atoms with van der Waals surface area (Å²) in [6.45, 7) is 5.70. The second-order valence-electron chi connectivity index (χ2n) is 11.8. The van der Waals surface area contributed by atoms with E-state index in [1.165, 1.54) is 11.3 Å². The molecule has 1 saturated heterocycles. The van der Waals surface area contributed by atoms with E-state index in [1.807, 2.05) is 19.9 Å². The van der Waals surface area contributed by atoms with E-state index in [1.54, 1.807) is 11.1 Å². The van der Waals surface area contributed by atoms with Gasteiger partial charge < -0.3 is 35.6 Å². The summed E-state index contributed by atoms with van der Waals surface area (Å²) in [5.74, 6) is 0.523. The Balaban J connectivity index is 1.27. The first-order valence-corrected chi connectivity index (χ1v) is 15.6. The Bertz CT molecular complexity index is 1450. The molecule has 4 heterocycles. The number of pyridine rings is 1. The third kappa shape index (κ3) is 5.93. The number of rotatable bonds is 9. The van der Waals surface area contributed by atoms with Gasteiger partial charge in [0.1, 0.15) is 29.1 Å². The lowest BCUT2D eigenvalue weighted by Crippen LogP contribution is -2.45. The standard InChI is InChI=1S/C29H39N7O5S/c1-16-22(27-34-23-17(2)30-9-5-20(23)42-27)26(35-28(32-16)31-10-8-29(40)6-3-4-7-29)33-19-13-18(24(38)25(19)39)14-36-11-12-41-15-21(36)37/h5,9,18-19,24-25,38-40H,3-4,6-8,10-15H2,1-2H3,(H2,31,32,33,35)/t18-,19-,24-,25+/m1/s1. The quantitative estimate of drug-likeness (QED) is 0.246. The van der Waals surface area contributed by atoms with E-state index in [0.29, 0.717) is 56.5 Å². The number of amides is 1. The van der Waals surface area contributed by atoms with E-state index in [0.717, 1.165) is 52.2 Å². The molecular formula is C29H39N7O5S. The maximum absolute atomic E-state index is 12.3. The first kappa shape index (κ1) is 29.1. The van der Waals surface area contributed by atoms with Crippen LogP contribution in [0.5, 0.6) is 0 Å². The van der Waals surface area contributed by atoms with Crippen molar-refractivity contribution >= 4 is 39.2 Å². The normalized spacial score (nSPS) is 25.8. The molecule has 13 heteroatoms. The number of thiazole rings is 1. The highest BCUT2D eigenvalue weighted by Crippen LogP contribution is 2.39. The van der Waals surface area contributed by atoms with Crippen LogP contribution in [-0.2, 0) is 9.53 Å². The van der Waals surface area contributed by atoms with E-state index in [-0.39, 0.29) is 18.4 Å². The number of hydrogen-bond donors (Lipinski definition) is 5. The van der Waals surface area contributed by atoms with Crippen LogP contribution in [0.1, 0.15) is 49.9 Å². The van der Waals surface area contributed by atoms with Crippen molar-refractivity contribution in [2.24, 2.45) is 5.92 Å². The zero-order chi connectivity index (χ0) is 29.4. The summed E-state index contributed by atoms with van der Waals surface area (Å²) in [4.78, 5) is 32.8. The molecule has 42 heavy (non-hydrogen) atoms. The molecule has 0 aromatic carbocycles. The van der Waals surface area contributed by atoms with E-state index >= 15 is 0 Å². The van der Waals surface area contributed by atoms with Crippen molar-refractivity contribution < 1.29 is 24.9 Å². The molecule has 3 aromatic rings. The van der Waals surface area contributed by atoms with Crippen LogP contribution in [0, 0.1) is 19.8 Å². The molecule has 2 aliphatic carbocycles. The average Bonchev–Trinajstić information content (AvgIpc) is 3.65. The predicted octanol–water partition coefficient (Wildman–Crippen LogP) is 2.25. The predicted molar refractivity (Wildman–Crippen MR) is 159 cm³/mol. The molecule has 3 fully saturated rings. The summed E-state index contributed by atoms with van der Waals surface area (Å²) in [6.07, 6.45) is 4.49. The second kappa shape index (κ2) is 12.0. The Morgan fingerprint density at radius 3 is 2.71 bits per heavy atom. The fraction of sp³-hybridized carbons (Fsp3) is 0.621. The van der Waals surface area contributed by atoms with Gasteiger partial charge in [-0.25, -0.2) is 9.97 Å². The lowest BCUT2D eigenvalue weighted by atomic mass is 9.98. The number of fused-ring (bicyclic) bond motifs is 1. The lowest BCUT2D eigenvalue weighted by molar-refractivity contribution is -0.144. The van der Waals surface area contributed by atoms with Crippen LogP contribution in [0.25, 0.3) is 20.8 Å². The number of aryl methyl sites for hydroxylation is 2. The van der Waals surface area contributed by atoms with Crippen LogP contribution in [0.3, 0.4) is 0 Å². The maximum Gasteiger partial charge on any atom is 0.248 e. The Morgan fingerprint density at radius 1 is 1.14 bits per heavy atom. The minimum Gasteiger partial charge on any atom is -0.390 e. The molecule has 12 nitrogen and oxygen atoms in total. The summed E-state index contributed by atoms with van der Waals surface area (Å²) in [6, 6.07) is 1.43. The number of hydrogen-bond acceptors (Lipinski definition) is 12. The summed E-state index contributed by atoms with van der Waals surface area (Å²) < 4.78 is 6.24. The van der Waals surface area contributed by atoms with E-state index in [4.69, 9.17) is 19.7 Å². The third-order valence-electron chi connectivity index (χ3n) is 8.86. The van der Waals surface area contributed by atoms with Crippen molar-refractivity contribution in [2.75, 3.05) is 43.5 Å². The van der Waals surface area contributed by atoms with Gasteiger partial charge in [-0.15, -0.1) is 11.3 Å². The number of morpholine rings is 1. The minimum atomic E-state index is -1.05. The van der Waals surface area contributed by atoms with E-state index < -0.39 is 23.9 Å². The minimum absolute atomic E-state index is 0.0426. The Hall–Kier alpha value is -2.97. The van der Waals surface area contributed by atoms with Gasteiger partial charge in [0, 0.05) is 31.7 Å². The topological polar surface area (TPSA) is 166 Å². The van der Waals surface area contributed by atoms with Crippen LogP contribution >= 0.6 is 11.3 Å². The van der Waals surface area contributed by atoms with Crippen molar-refractivity contribution in [2.45, 2.75) is 76.2 Å². The molecule has 1 amide bonds. The van der Waals surface area contributed by atoms with Gasteiger partial charge in [0.25, 0.3) is 0 Å². The molecule has 1 aliphatic heterocycles. The Morgan fingerprint density at radius 2 is 1.95 bits per heavy atom. The SMILES string of the molecule is Cc1nc(NCCC2(O)CCCC2)nc(N[C@@H]2C[C@H](CN3CCOCC3=O)[C@@H](O)[C@H]2O)c1-c1nc2c(C)nccc2s1.